The maximum Gasteiger partial charge on any atom is 0.306 e. The molecule has 0 saturated heterocycles. The fourth-order valence-corrected chi connectivity index (χ4v) is 7.23. The van der Waals surface area contributed by atoms with Crippen molar-refractivity contribution >= 4 is 17.9 Å². The summed E-state index contributed by atoms with van der Waals surface area (Å²) in [6.45, 7) is 6.42. The van der Waals surface area contributed by atoms with Crippen LogP contribution in [0.5, 0.6) is 0 Å². The highest BCUT2D eigenvalue weighted by molar-refractivity contribution is 5.71. The van der Waals surface area contributed by atoms with Crippen molar-refractivity contribution in [2.75, 3.05) is 13.2 Å². The topological polar surface area (TPSA) is 78.9 Å². The number of ether oxygens (including phenoxy) is 3. The first kappa shape index (κ1) is 60.6. The molecule has 366 valence electrons. The number of esters is 3. The third-order valence-electron chi connectivity index (χ3n) is 11.2. The molecule has 64 heavy (non-hydrogen) atoms. The number of rotatable bonds is 47. The van der Waals surface area contributed by atoms with Gasteiger partial charge in [0.15, 0.2) is 6.10 Å². The van der Waals surface area contributed by atoms with Gasteiger partial charge in [-0.25, -0.2) is 0 Å². The molecule has 0 bridgehead atoms. The van der Waals surface area contributed by atoms with Crippen LogP contribution >= 0.6 is 0 Å². The summed E-state index contributed by atoms with van der Waals surface area (Å²) in [5.74, 6) is -0.997. The highest BCUT2D eigenvalue weighted by Crippen LogP contribution is 2.15. The minimum Gasteiger partial charge on any atom is -0.462 e. The molecule has 0 rings (SSSR count). The molecule has 0 aliphatic carbocycles. The molecule has 6 heteroatoms. The van der Waals surface area contributed by atoms with Gasteiger partial charge in [-0.05, 0) is 70.6 Å². The van der Waals surface area contributed by atoms with Crippen molar-refractivity contribution in [1.82, 2.24) is 0 Å². The van der Waals surface area contributed by atoms with Crippen molar-refractivity contribution in [3.63, 3.8) is 0 Å². The molecule has 1 unspecified atom stereocenters. The van der Waals surface area contributed by atoms with Crippen LogP contribution in [-0.2, 0) is 28.6 Å². The van der Waals surface area contributed by atoms with Gasteiger partial charge in [0.05, 0.1) is 0 Å². The Morgan fingerprint density at radius 2 is 0.688 bits per heavy atom. The Balaban J connectivity index is 4.49. The summed E-state index contributed by atoms with van der Waals surface area (Å²) < 4.78 is 16.7. The van der Waals surface area contributed by atoms with Crippen LogP contribution in [0.25, 0.3) is 0 Å². The SMILES string of the molecule is CC/C=C/C=C/C=C/C=C/CCCCCC(=O)OCC(COC(=O)CCC/C=C/C/C=C/C/C=C/CCCCCCCC)OC(=O)CCCCCCCCCCCCCCCCCC. The summed E-state index contributed by atoms with van der Waals surface area (Å²) in [5.41, 5.74) is 0. The van der Waals surface area contributed by atoms with Crippen LogP contribution in [-0.4, -0.2) is 37.2 Å². The molecule has 0 spiro atoms. The van der Waals surface area contributed by atoms with Gasteiger partial charge in [-0.1, -0.05) is 241 Å². The van der Waals surface area contributed by atoms with Crippen molar-refractivity contribution in [3.8, 4) is 0 Å². The Kier molecular flexibility index (Phi) is 49.4. The first-order valence-corrected chi connectivity index (χ1v) is 26.6. The molecule has 0 aliphatic heterocycles. The molecule has 0 aliphatic rings. The van der Waals surface area contributed by atoms with Crippen molar-refractivity contribution in [2.45, 2.75) is 252 Å². The maximum atomic E-state index is 12.8. The zero-order chi connectivity index (χ0) is 46.5. The maximum absolute atomic E-state index is 12.8. The van der Waals surface area contributed by atoms with E-state index in [4.69, 9.17) is 14.2 Å². The summed E-state index contributed by atoms with van der Waals surface area (Å²) in [7, 11) is 0. The lowest BCUT2D eigenvalue weighted by atomic mass is 10.0. The van der Waals surface area contributed by atoms with E-state index in [0.717, 1.165) is 70.6 Å². The highest BCUT2D eigenvalue weighted by atomic mass is 16.6. The van der Waals surface area contributed by atoms with Gasteiger partial charge in [0.1, 0.15) is 13.2 Å². The lowest BCUT2D eigenvalue weighted by Crippen LogP contribution is -2.30. The van der Waals surface area contributed by atoms with Crippen LogP contribution in [0.15, 0.2) is 85.1 Å². The third kappa shape index (κ3) is 49.6. The largest absolute Gasteiger partial charge is 0.462 e. The highest BCUT2D eigenvalue weighted by Gasteiger charge is 2.19. The standard InChI is InChI=1S/C58H98O6/c1-4-7-10-13-16-19-22-25-27-29-31-33-36-39-42-45-48-51-57(60)63-54-55(53-62-56(59)50-47-44-41-38-35-32-24-21-18-15-12-9-6-3)64-58(61)52-49-46-43-40-37-34-30-28-26-23-20-17-14-11-8-5-2/h9,12,15,18,21,24-25,27,31-33,35,39,42,55H,4-8,10-11,13-14,16-17,19-20,22-23,26,28-30,34,36-38,40-41,43-54H2,1-3H3/b12-9+,18-15+,24-21+,27-25+,33-31+,35-32+,42-39+. The zero-order valence-corrected chi connectivity index (χ0v) is 41.8. The molecule has 0 aromatic heterocycles. The molecule has 0 heterocycles. The molecule has 0 radical (unpaired) electrons. The number of hydrogen-bond donors (Lipinski definition) is 0. The lowest BCUT2D eigenvalue weighted by Gasteiger charge is -2.18. The van der Waals surface area contributed by atoms with Crippen LogP contribution in [0, 0.1) is 0 Å². The van der Waals surface area contributed by atoms with Crippen molar-refractivity contribution < 1.29 is 28.6 Å². The number of hydrogen-bond acceptors (Lipinski definition) is 6. The van der Waals surface area contributed by atoms with Crippen molar-refractivity contribution in [3.05, 3.63) is 85.1 Å². The molecule has 1 atom stereocenters. The minimum atomic E-state index is -0.811. The van der Waals surface area contributed by atoms with Crippen molar-refractivity contribution in [1.29, 1.82) is 0 Å². The average Bonchev–Trinajstić information content (AvgIpc) is 3.29. The monoisotopic (exact) mass is 891 g/mol. The normalized spacial score (nSPS) is 12.7. The quantitative estimate of drug-likeness (QED) is 0.0199. The van der Waals surface area contributed by atoms with Gasteiger partial charge in [-0.3, -0.25) is 14.4 Å². The Labute approximate surface area is 395 Å². The Bertz CT molecular complexity index is 1250. The van der Waals surface area contributed by atoms with E-state index < -0.39 is 6.10 Å². The molecular weight excluding hydrogens is 793 g/mol. The molecule has 6 nitrogen and oxygen atoms in total. The summed E-state index contributed by atoms with van der Waals surface area (Å²) in [6.07, 6.45) is 67.2. The van der Waals surface area contributed by atoms with Crippen LogP contribution in [0.2, 0.25) is 0 Å². The van der Waals surface area contributed by atoms with E-state index >= 15 is 0 Å². The van der Waals surface area contributed by atoms with E-state index in [-0.39, 0.29) is 37.5 Å². The second-order valence-corrected chi connectivity index (χ2v) is 17.5. The summed E-state index contributed by atoms with van der Waals surface area (Å²) in [4.78, 5) is 38.0. The van der Waals surface area contributed by atoms with E-state index in [1.807, 2.05) is 36.5 Å². The molecule has 0 amide bonds. The van der Waals surface area contributed by atoms with E-state index in [1.165, 1.54) is 128 Å². The van der Waals surface area contributed by atoms with Crippen LogP contribution in [0.1, 0.15) is 245 Å². The predicted molar refractivity (Wildman–Crippen MR) is 274 cm³/mol. The second-order valence-electron chi connectivity index (χ2n) is 17.5. The van der Waals surface area contributed by atoms with Gasteiger partial charge in [-0.15, -0.1) is 0 Å². The third-order valence-corrected chi connectivity index (χ3v) is 11.2. The Hall–Kier alpha value is -3.41. The van der Waals surface area contributed by atoms with E-state index in [0.29, 0.717) is 19.3 Å². The molecule has 0 saturated carbocycles. The predicted octanol–water partition coefficient (Wildman–Crippen LogP) is 17.6. The van der Waals surface area contributed by atoms with Crippen LogP contribution in [0.4, 0.5) is 0 Å². The van der Waals surface area contributed by atoms with Gasteiger partial charge in [-0.2, -0.15) is 0 Å². The van der Waals surface area contributed by atoms with Crippen LogP contribution < -0.4 is 0 Å². The number of carbonyl (C=O) groups excluding carboxylic acids is 3. The molecule has 0 aromatic carbocycles. The lowest BCUT2D eigenvalue weighted by molar-refractivity contribution is -0.167. The van der Waals surface area contributed by atoms with Gasteiger partial charge >= 0.3 is 17.9 Å². The fraction of sp³-hybridized carbons (Fsp3) is 0.707. The molecule has 0 fully saturated rings. The van der Waals surface area contributed by atoms with Crippen LogP contribution in [0.3, 0.4) is 0 Å². The zero-order valence-electron chi connectivity index (χ0n) is 41.8. The second kappa shape index (κ2) is 52.2. The van der Waals surface area contributed by atoms with Gasteiger partial charge in [0, 0.05) is 19.3 Å². The smallest absolute Gasteiger partial charge is 0.306 e. The summed E-state index contributed by atoms with van der Waals surface area (Å²) >= 11 is 0. The first-order chi connectivity index (χ1) is 31.5. The molecule has 0 aromatic rings. The number of carbonyl (C=O) groups is 3. The van der Waals surface area contributed by atoms with Gasteiger partial charge in [0.25, 0.3) is 0 Å². The van der Waals surface area contributed by atoms with Gasteiger partial charge < -0.3 is 14.2 Å². The summed E-state index contributed by atoms with van der Waals surface area (Å²) in [5, 5.41) is 0. The summed E-state index contributed by atoms with van der Waals surface area (Å²) in [6, 6.07) is 0. The number of unbranched alkanes of at least 4 members (excludes halogenated alkanes) is 25. The van der Waals surface area contributed by atoms with E-state index in [1.54, 1.807) is 0 Å². The van der Waals surface area contributed by atoms with E-state index in [2.05, 4.69) is 69.4 Å². The minimum absolute atomic E-state index is 0.111. The Morgan fingerprint density at radius 1 is 0.344 bits per heavy atom. The van der Waals surface area contributed by atoms with E-state index in [9.17, 15) is 14.4 Å². The van der Waals surface area contributed by atoms with Gasteiger partial charge in [0.2, 0.25) is 0 Å². The number of allylic oxidation sites excluding steroid dienone is 14. The average molecular weight is 891 g/mol. The molecular formula is C58H98O6. The molecule has 0 N–H and O–H groups in total. The first-order valence-electron chi connectivity index (χ1n) is 26.6. The fourth-order valence-electron chi connectivity index (χ4n) is 7.23. The Morgan fingerprint density at radius 3 is 1.17 bits per heavy atom. The van der Waals surface area contributed by atoms with Crippen molar-refractivity contribution in [2.24, 2.45) is 0 Å².